The van der Waals surface area contributed by atoms with E-state index in [9.17, 15) is 9.59 Å². The Labute approximate surface area is 169 Å². The van der Waals surface area contributed by atoms with Gasteiger partial charge in [-0.05, 0) is 42.7 Å². The van der Waals surface area contributed by atoms with Crippen LogP contribution in [0.3, 0.4) is 0 Å². The average Bonchev–Trinajstić information content (AvgIpc) is 2.73. The summed E-state index contributed by atoms with van der Waals surface area (Å²) in [5.74, 6) is -0.993. The second-order valence-corrected chi connectivity index (χ2v) is 6.59. The zero-order chi connectivity index (χ0) is 20.8. The zero-order valence-corrected chi connectivity index (χ0v) is 16.4. The molecule has 0 bridgehead atoms. The molecule has 1 heterocycles. The summed E-state index contributed by atoms with van der Waals surface area (Å²) in [4.78, 5) is 29.4. The minimum atomic E-state index is -0.558. The average molecular weight is 387 g/mol. The topological polar surface area (TPSA) is 92.1 Å². The number of aromatic nitrogens is 1. The van der Waals surface area contributed by atoms with Crippen molar-refractivity contribution >= 4 is 28.5 Å². The molecule has 0 fully saturated rings. The first kappa shape index (κ1) is 20.0. The van der Waals surface area contributed by atoms with Crippen molar-refractivity contribution in [3.8, 4) is 6.07 Å². The maximum Gasteiger partial charge on any atom is 0.340 e. The van der Waals surface area contributed by atoms with Crippen molar-refractivity contribution in [2.45, 2.75) is 26.7 Å². The number of carbonyl (C=O) groups is 2. The molecule has 0 saturated heterocycles. The summed E-state index contributed by atoms with van der Waals surface area (Å²) in [7, 11) is 0. The number of nitriles is 1. The van der Waals surface area contributed by atoms with Gasteiger partial charge in [0, 0.05) is 11.1 Å². The zero-order valence-electron chi connectivity index (χ0n) is 16.4. The molecule has 29 heavy (non-hydrogen) atoms. The predicted molar refractivity (Wildman–Crippen MR) is 111 cm³/mol. The molecule has 3 aromatic rings. The Hall–Kier alpha value is -3.72. The van der Waals surface area contributed by atoms with Gasteiger partial charge >= 0.3 is 5.97 Å². The van der Waals surface area contributed by atoms with Crippen LogP contribution in [0.25, 0.3) is 10.9 Å². The van der Waals surface area contributed by atoms with Crippen LogP contribution in [0.5, 0.6) is 0 Å². The van der Waals surface area contributed by atoms with E-state index in [1.807, 2.05) is 38.1 Å². The molecule has 0 aliphatic carbocycles. The van der Waals surface area contributed by atoms with Gasteiger partial charge in [-0.25, -0.2) is 4.79 Å². The number of nitrogens with zero attached hydrogens (tertiary/aromatic N) is 2. The smallest absolute Gasteiger partial charge is 0.340 e. The Morgan fingerprint density at radius 1 is 1.14 bits per heavy atom. The summed E-state index contributed by atoms with van der Waals surface area (Å²) >= 11 is 0. The monoisotopic (exact) mass is 387 g/mol. The number of ether oxygens (including phenoxy) is 1. The van der Waals surface area contributed by atoms with Crippen molar-refractivity contribution in [1.82, 2.24) is 4.98 Å². The number of anilines is 1. The van der Waals surface area contributed by atoms with E-state index in [-0.39, 0.29) is 0 Å². The molecule has 0 aliphatic rings. The highest BCUT2D eigenvalue weighted by Gasteiger charge is 2.20. The molecular weight excluding hydrogens is 366 g/mol. The Bertz CT molecular complexity index is 1100. The predicted octanol–water partition coefficient (Wildman–Crippen LogP) is 3.97. The number of carbonyl (C=O) groups excluding carboxylic acids is 2. The van der Waals surface area contributed by atoms with Crippen molar-refractivity contribution in [2.24, 2.45) is 0 Å². The van der Waals surface area contributed by atoms with Crippen molar-refractivity contribution in [3.63, 3.8) is 0 Å². The van der Waals surface area contributed by atoms with Gasteiger partial charge in [-0.1, -0.05) is 37.3 Å². The lowest BCUT2D eigenvalue weighted by Crippen LogP contribution is -2.22. The molecular formula is C23H21N3O3. The van der Waals surface area contributed by atoms with E-state index in [2.05, 4.69) is 16.4 Å². The third-order valence-electron chi connectivity index (χ3n) is 4.62. The first-order chi connectivity index (χ1) is 14.0. The Kier molecular flexibility index (Phi) is 6.20. The van der Waals surface area contributed by atoms with Crippen LogP contribution in [0.1, 0.15) is 34.1 Å². The summed E-state index contributed by atoms with van der Waals surface area (Å²) in [6.07, 6.45) is 0.891. The number of aryl methyl sites for hydroxylation is 2. The molecule has 6 heteroatoms. The van der Waals surface area contributed by atoms with Crippen molar-refractivity contribution in [3.05, 3.63) is 70.9 Å². The van der Waals surface area contributed by atoms with Gasteiger partial charge < -0.3 is 10.1 Å². The number of rotatable bonds is 6. The van der Waals surface area contributed by atoms with Gasteiger partial charge in [-0.2, -0.15) is 5.26 Å². The van der Waals surface area contributed by atoms with Crippen LogP contribution in [0.4, 0.5) is 5.69 Å². The number of amides is 1. The summed E-state index contributed by atoms with van der Waals surface area (Å²) in [6, 6.07) is 16.6. The van der Waals surface area contributed by atoms with E-state index in [1.54, 1.807) is 24.3 Å². The largest absolute Gasteiger partial charge is 0.452 e. The lowest BCUT2D eigenvalue weighted by atomic mass is 10.0. The number of pyridine rings is 1. The maximum absolute atomic E-state index is 12.7. The number of benzene rings is 2. The third-order valence-corrected chi connectivity index (χ3v) is 4.62. The molecule has 2 aromatic carbocycles. The van der Waals surface area contributed by atoms with Crippen LogP contribution in [-0.2, 0) is 22.4 Å². The van der Waals surface area contributed by atoms with Crippen molar-refractivity contribution < 1.29 is 14.3 Å². The highest BCUT2D eigenvalue weighted by atomic mass is 16.5. The van der Waals surface area contributed by atoms with Crippen LogP contribution in [-0.4, -0.2) is 23.5 Å². The van der Waals surface area contributed by atoms with Crippen molar-refractivity contribution in [1.29, 1.82) is 5.26 Å². The van der Waals surface area contributed by atoms with Crippen LogP contribution in [0.15, 0.2) is 48.5 Å². The minimum Gasteiger partial charge on any atom is -0.452 e. The Balaban J connectivity index is 1.69. The Morgan fingerprint density at radius 2 is 1.86 bits per heavy atom. The van der Waals surface area contributed by atoms with Gasteiger partial charge in [0.05, 0.1) is 29.3 Å². The quantitative estimate of drug-likeness (QED) is 0.646. The molecule has 1 amide bonds. The SMILES string of the molecule is CCc1nc2ccccc2c(C)c1C(=O)OCC(=O)Nc1ccc(CC#N)cc1. The molecule has 0 radical (unpaired) electrons. The summed E-state index contributed by atoms with van der Waals surface area (Å²) < 4.78 is 5.26. The molecule has 0 unspecified atom stereocenters. The molecule has 1 N–H and O–H groups in total. The molecule has 0 aliphatic heterocycles. The van der Waals surface area contributed by atoms with E-state index in [1.165, 1.54) is 0 Å². The van der Waals surface area contributed by atoms with Gasteiger partial charge in [0.25, 0.3) is 5.91 Å². The van der Waals surface area contributed by atoms with Gasteiger partial charge in [-0.15, -0.1) is 0 Å². The number of fused-ring (bicyclic) bond motifs is 1. The van der Waals surface area contributed by atoms with E-state index >= 15 is 0 Å². The van der Waals surface area contributed by atoms with Gasteiger partial charge in [-0.3, -0.25) is 9.78 Å². The highest BCUT2D eigenvalue weighted by molar-refractivity contribution is 6.00. The summed E-state index contributed by atoms with van der Waals surface area (Å²) in [5, 5.41) is 12.3. The fourth-order valence-corrected chi connectivity index (χ4v) is 3.16. The molecule has 0 spiro atoms. The van der Waals surface area contributed by atoms with Gasteiger partial charge in [0.2, 0.25) is 0 Å². The third kappa shape index (κ3) is 4.58. The van der Waals surface area contributed by atoms with Gasteiger partial charge in [0.15, 0.2) is 6.61 Å². The fourth-order valence-electron chi connectivity index (χ4n) is 3.16. The maximum atomic E-state index is 12.7. The number of esters is 1. The van der Waals surface area contributed by atoms with E-state index in [4.69, 9.17) is 10.00 Å². The van der Waals surface area contributed by atoms with Crippen LogP contribution >= 0.6 is 0 Å². The normalized spacial score (nSPS) is 10.4. The minimum absolute atomic E-state index is 0.310. The van der Waals surface area contributed by atoms with Crippen LogP contribution in [0, 0.1) is 18.3 Å². The first-order valence-electron chi connectivity index (χ1n) is 9.34. The standard InChI is InChI=1S/C23H21N3O3/c1-3-19-22(15(2)18-6-4-5-7-20(18)26-19)23(28)29-14-21(27)25-17-10-8-16(9-11-17)12-13-24/h4-11H,3,12,14H2,1-2H3,(H,25,27). The second-order valence-electron chi connectivity index (χ2n) is 6.59. The van der Waals surface area contributed by atoms with E-state index in [0.717, 1.165) is 22.0 Å². The number of para-hydroxylation sites is 1. The highest BCUT2D eigenvalue weighted by Crippen LogP contribution is 2.24. The summed E-state index contributed by atoms with van der Waals surface area (Å²) in [5.41, 5.74) is 4.13. The van der Waals surface area contributed by atoms with Crippen molar-refractivity contribution in [2.75, 3.05) is 11.9 Å². The first-order valence-corrected chi connectivity index (χ1v) is 9.34. The molecule has 6 nitrogen and oxygen atoms in total. The molecule has 0 saturated carbocycles. The Morgan fingerprint density at radius 3 is 2.55 bits per heavy atom. The molecule has 1 aromatic heterocycles. The lowest BCUT2D eigenvalue weighted by molar-refractivity contribution is -0.119. The number of hydrogen-bond donors (Lipinski definition) is 1. The molecule has 0 atom stereocenters. The van der Waals surface area contributed by atoms with E-state index < -0.39 is 18.5 Å². The van der Waals surface area contributed by atoms with Gasteiger partial charge in [0.1, 0.15) is 0 Å². The number of hydrogen-bond acceptors (Lipinski definition) is 5. The summed E-state index contributed by atoms with van der Waals surface area (Å²) in [6.45, 7) is 3.40. The molecule has 146 valence electrons. The number of nitrogens with one attached hydrogen (secondary N) is 1. The molecule has 3 rings (SSSR count). The van der Waals surface area contributed by atoms with Crippen LogP contribution < -0.4 is 5.32 Å². The fraction of sp³-hybridized carbons (Fsp3) is 0.217. The second kappa shape index (κ2) is 8.98. The van der Waals surface area contributed by atoms with E-state index in [0.29, 0.717) is 29.8 Å². The lowest BCUT2D eigenvalue weighted by Gasteiger charge is -2.13. The van der Waals surface area contributed by atoms with Crippen LogP contribution in [0.2, 0.25) is 0 Å².